The lowest BCUT2D eigenvalue weighted by molar-refractivity contribution is -0.0435. The molecule has 3 rings (SSSR count). The number of rotatable bonds is 4. The van der Waals surface area contributed by atoms with Gasteiger partial charge in [0.05, 0.1) is 5.69 Å². The number of alkyl halides is 3. The van der Waals surface area contributed by atoms with Crippen molar-refractivity contribution >= 4 is 32.8 Å². The summed E-state index contributed by atoms with van der Waals surface area (Å²) in [4.78, 5) is 12.5. The minimum absolute atomic E-state index is 0.188. The Morgan fingerprint density at radius 2 is 1.86 bits per heavy atom. The number of halogens is 4. The number of piperidine rings is 1. The van der Waals surface area contributed by atoms with Gasteiger partial charge in [-0.1, -0.05) is 0 Å². The Kier molecular flexibility index (Phi) is 5.67. The van der Waals surface area contributed by atoms with Crippen LogP contribution in [-0.2, 0) is 9.84 Å². The Morgan fingerprint density at radius 1 is 1.18 bits per heavy atom. The predicted octanol–water partition coefficient (Wildman–Crippen LogP) is 3.58. The van der Waals surface area contributed by atoms with E-state index in [1.807, 2.05) is 0 Å². The minimum Gasteiger partial charge on any atom is -0.370 e. The highest BCUT2D eigenvalue weighted by molar-refractivity contribution is 7.92. The number of carbonyl (C=O) groups is 1. The molecule has 1 saturated heterocycles. The molecule has 1 aromatic carbocycles. The Balaban J connectivity index is 1.75. The molecule has 1 aliphatic rings. The second kappa shape index (κ2) is 7.70. The zero-order chi connectivity index (χ0) is 20.5. The Hall–Kier alpha value is -2.14. The fourth-order valence-electron chi connectivity index (χ4n) is 3.02. The van der Waals surface area contributed by atoms with Crippen molar-refractivity contribution in [3.8, 4) is 0 Å². The average Bonchev–Trinajstić information content (AvgIpc) is 3.16. The van der Waals surface area contributed by atoms with Crippen molar-refractivity contribution in [2.24, 2.45) is 0 Å². The van der Waals surface area contributed by atoms with E-state index in [0.29, 0.717) is 24.5 Å². The van der Waals surface area contributed by atoms with Gasteiger partial charge in [0, 0.05) is 30.1 Å². The van der Waals surface area contributed by atoms with Gasteiger partial charge in [0.1, 0.15) is 10.7 Å². The van der Waals surface area contributed by atoms with Crippen molar-refractivity contribution in [1.82, 2.24) is 5.32 Å². The quantitative estimate of drug-likeness (QED) is 0.744. The second-order valence-corrected chi connectivity index (χ2v) is 9.00. The van der Waals surface area contributed by atoms with Crippen LogP contribution in [-0.4, -0.2) is 39.0 Å². The van der Waals surface area contributed by atoms with Crippen molar-refractivity contribution in [3.05, 3.63) is 46.4 Å². The van der Waals surface area contributed by atoms with Gasteiger partial charge in [0.2, 0.25) is 0 Å². The molecule has 0 radical (unpaired) electrons. The Labute approximate surface area is 162 Å². The van der Waals surface area contributed by atoms with Gasteiger partial charge in [-0.2, -0.15) is 24.5 Å². The summed E-state index contributed by atoms with van der Waals surface area (Å²) in [6.07, 6.45) is 0.831. The highest BCUT2D eigenvalue weighted by atomic mass is 32.2. The maximum absolute atomic E-state index is 13.5. The number of nitrogens with zero attached hydrogens (tertiary/aromatic N) is 1. The molecule has 1 aliphatic heterocycles. The van der Waals surface area contributed by atoms with Gasteiger partial charge in [0.25, 0.3) is 15.7 Å². The fraction of sp³-hybridized carbons (Fsp3) is 0.353. The first kappa shape index (κ1) is 20.6. The molecule has 0 spiro atoms. The van der Waals surface area contributed by atoms with E-state index in [1.54, 1.807) is 16.8 Å². The predicted molar refractivity (Wildman–Crippen MR) is 96.7 cm³/mol. The van der Waals surface area contributed by atoms with Gasteiger partial charge >= 0.3 is 5.51 Å². The number of thiophene rings is 1. The molecule has 28 heavy (non-hydrogen) atoms. The minimum atomic E-state index is -5.69. The summed E-state index contributed by atoms with van der Waals surface area (Å²) in [6, 6.07) is 3.85. The fourth-order valence-corrected chi connectivity index (χ4v) is 4.64. The Morgan fingerprint density at radius 3 is 2.43 bits per heavy atom. The van der Waals surface area contributed by atoms with Crippen LogP contribution in [0.5, 0.6) is 0 Å². The molecule has 5 nitrogen and oxygen atoms in total. The molecule has 0 aliphatic carbocycles. The SMILES string of the molecule is O=C(NC1CCN(c2ccc(F)cc2S(=O)(=O)C(F)(F)F)CC1)c1ccsc1. The number of anilines is 1. The van der Waals surface area contributed by atoms with Crippen LogP contribution >= 0.6 is 11.3 Å². The molecule has 1 amide bonds. The zero-order valence-electron chi connectivity index (χ0n) is 14.4. The number of benzene rings is 1. The van der Waals surface area contributed by atoms with Crippen LogP contribution in [0.2, 0.25) is 0 Å². The number of hydrogen-bond acceptors (Lipinski definition) is 5. The molecule has 0 bridgehead atoms. The second-order valence-electron chi connectivity index (χ2n) is 6.31. The summed E-state index contributed by atoms with van der Waals surface area (Å²) in [7, 11) is -5.69. The number of carbonyl (C=O) groups excluding carboxylic acids is 1. The van der Waals surface area contributed by atoms with Crippen LogP contribution in [0.4, 0.5) is 23.2 Å². The summed E-state index contributed by atoms with van der Waals surface area (Å²) in [5, 5.41) is 6.33. The smallest absolute Gasteiger partial charge is 0.370 e. The van der Waals surface area contributed by atoms with E-state index < -0.39 is 26.1 Å². The highest BCUT2D eigenvalue weighted by Gasteiger charge is 2.48. The van der Waals surface area contributed by atoms with E-state index in [9.17, 15) is 30.8 Å². The number of sulfone groups is 1. The van der Waals surface area contributed by atoms with E-state index in [-0.39, 0.29) is 30.7 Å². The number of hydrogen-bond donors (Lipinski definition) is 1. The van der Waals surface area contributed by atoms with Gasteiger partial charge < -0.3 is 10.2 Å². The Bertz CT molecular complexity index is 951. The molecule has 1 aromatic heterocycles. The van der Waals surface area contributed by atoms with E-state index >= 15 is 0 Å². The third-order valence-electron chi connectivity index (χ3n) is 4.47. The van der Waals surface area contributed by atoms with E-state index in [1.165, 1.54) is 16.2 Å². The summed E-state index contributed by atoms with van der Waals surface area (Å²) < 4.78 is 76.0. The first-order valence-corrected chi connectivity index (χ1v) is 10.7. The molecule has 11 heteroatoms. The summed E-state index contributed by atoms with van der Waals surface area (Å²) in [5.74, 6) is -1.30. The lowest BCUT2D eigenvalue weighted by atomic mass is 10.0. The monoisotopic (exact) mass is 436 g/mol. The van der Waals surface area contributed by atoms with E-state index in [2.05, 4.69) is 5.32 Å². The van der Waals surface area contributed by atoms with Crippen LogP contribution in [0, 0.1) is 5.82 Å². The lowest BCUT2D eigenvalue weighted by Gasteiger charge is -2.35. The maximum atomic E-state index is 13.5. The number of amides is 1. The van der Waals surface area contributed by atoms with E-state index in [0.717, 1.165) is 12.1 Å². The molecule has 0 atom stereocenters. The van der Waals surface area contributed by atoms with Crippen molar-refractivity contribution in [2.45, 2.75) is 29.3 Å². The normalized spacial score (nSPS) is 16.2. The van der Waals surface area contributed by atoms with Crippen molar-refractivity contribution in [1.29, 1.82) is 0 Å². The van der Waals surface area contributed by atoms with E-state index in [4.69, 9.17) is 0 Å². The average molecular weight is 436 g/mol. The van der Waals surface area contributed by atoms with Crippen molar-refractivity contribution in [3.63, 3.8) is 0 Å². The van der Waals surface area contributed by atoms with Crippen LogP contribution in [0.3, 0.4) is 0 Å². The third kappa shape index (κ3) is 4.14. The van der Waals surface area contributed by atoms with Gasteiger partial charge in [-0.15, -0.1) is 0 Å². The molecule has 0 unspecified atom stereocenters. The standard InChI is InChI=1S/C17H16F4N2O3S2/c18-12-1-2-14(15(9-12)28(25,26)17(19,20)21)23-6-3-13(4-7-23)22-16(24)11-5-8-27-10-11/h1-2,5,8-10,13H,3-4,6-7H2,(H,22,24). The van der Waals surface area contributed by atoms with Crippen LogP contribution < -0.4 is 10.2 Å². The molecule has 2 heterocycles. The summed E-state index contributed by atoms with van der Waals surface area (Å²) >= 11 is 1.39. The van der Waals surface area contributed by atoms with Crippen LogP contribution in [0.15, 0.2) is 39.9 Å². The number of nitrogens with one attached hydrogen (secondary N) is 1. The largest absolute Gasteiger partial charge is 0.501 e. The molecule has 1 fully saturated rings. The lowest BCUT2D eigenvalue weighted by Crippen LogP contribution is -2.45. The summed E-state index contributed by atoms with van der Waals surface area (Å²) in [6.45, 7) is 0.446. The first-order valence-electron chi connectivity index (χ1n) is 8.28. The molecular formula is C17H16F4N2O3S2. The third-order valence-corrected chi connectivity index (χ3v) is 6.67. The van der Waals surface area contributed by atoms with Gasteiger partial charge in [0.15, 0.2) is 0 Å². The topological polar surface area (TPSA) is 66.5 Å². The molecular weight excluding hydrogens is 420 g/mol. The zero-order valence-corrected chi connectivity index (χ0v) is 16.0. The van der Waals surface area contributed by atoms with Crippen molar-refractivity contribution in [2.75, 3.05) is 18.0 Å². The van der Waals surface area contributed by atoms with Crippen LogP contribution in [0.25, 0.3) is 0 Å². The molecule has 2 aromatic rings. The van der Waals surface area contributed by atoms with Crippen LogP contribution in [0.1, 0.15) is 23.2 Å². The first-order chi connectivity index (χ1) is 13.1. The maximum Gasteiger partial charge on any atom is 0.501 e. The molecule has 0 saturated carbocycles. The molecule has 152 valence electrons. The van der Waals surface area contributed by atoms with Gasteiger partial charge in [-0.25, -0.2) is 12.8 Å². The van der Waals surface area contributed by atoms with Gasteiger partial charge in [-0.3, -0.25) is 4.79 Å². The summed E-state index contributed by atoms with van der Waals surface area (Å²) in [5.41, 5.74) is -5.19. The molecule has 1 N–H and O–H groups in total. The van der Waals surface area contributed by atoms with Crippen molar-refractivity contribution < 1.29 is 30.8 Å². The van der Waals surface area contributed by atoms with Gasteiger partial charge in [-0.05, 0) is 42.5 Å². The highest BCUT2D eigenvalue weighted by Crippen LogP contribution is 2.37.